The van der Waals surface area contributed by atoms with E-state index in [-0.39, 0.29) is 6.04 Å². The van der Waals surface area contributed by atoms with Crippen LogP contribution in [-0.2, 0) is 6.54 Å². The summed E-state index contributed by atoms with van der Waals surface area (Å²) < 4.78 is 2.04. The highest BCUT2D eigenvalue weighted by molar-refractivity contribution is 5.29. The molecule has 0 aliphatic carbocycles. The largest absolute Gasteiger partial charge is 0.308 e. The van der Waals surface area contributed by atoms with Crippen LogP contribution in [0.25, 0.3) is 0 Å². The van der Waals surface area contributed by atoms with Crippen molar-refractivity contribution in [3.8, 4) is 0 Å². The van der Waals surface area contributed by atoms with Crippen molar-refractivity contribution in [3.63, 3.8) is 0 Å². The van der Waals surface area contributed by atoms with Crippen LogP contribution in [0.1, 0.15) is 35.5 Å². The lowest BCUT2D eigenvalue weighted by Gasteiger charge is -2.18. The van der Waals surface area contributed by atoms with Gasteiger partial charge in [0.2, 0.25) is 0 Å². The Balaban J connectivity index is 2.44. The summed E-state index contributed by atoms with van der Waals surface area (Å²) in [5, 5.41) is 7.85. The summed E-state index contributed by atoms with van der Waals surface area (Å²) in [6, 6.07) is 4.43. The zero-order chi connectivity index (χ0) is 13.1. The first-order chi connectivity index (χ1) is 8.65. The third-order valence-corrected chi connectivity index (χ3v) is 3.05. The molecule has 2 rings (SSSR count). The number of nitrogens with zero attached hydrogens (tertiary/aromatic N) is 3. The Morgan fingerprint density at radius 3 is 2.67 bits per heavy atom. The summed E-state index contributed by atoms with van der Waals surface area (Å²) in [6.07, 6.45) is 3.79. The molecule has 4 nitrogen and oxygen atoms in total. The molecular formula is C14H20N4. The summed E-state index contributed by atoms with van der Waals surface area (Å²) >= 11 is 0. The zero-order valence-electron chi connectivity index (χ0n) is 11.4. The van der Waals surface area contributed by atoms with Crippen LogP contribution >= 0.6 is 0 Å². The highest BCUT2D eigenvalue weighted by Crippen LogP contribution is 2.22. The van der Waals surface area contributed by atoms with Gasteiger partial charge in [0.25, 0.3) is 0 Å². The maximum Gasteiger partial charge on any atom is 0.0761 e. The Kier molecular flexibility index (Phi) is 3.77. The molecule has 2 aromatic heterocycles. The molecule has 0 saturated heterocycles. The van der Waals surface area contributed by atoms with E-state index >= 15 is 0 Å². The third-order valence-electron chi connectivity index (χ3n) is 3.05. The van der Waals surface area contributed by atoms with E-state index in [0.717, 1.165) is 12.2 Å². The molecule has 18 heavy (non-hydrogen) atoms. The van der Waals surface area contributed by atoms with E-state index in [1.165, 1.54) is 16.8 Å². The van der Waals surface area contributed by atoms with E-state index in [0.29, 0.717) is 0 Å². The van der Waals surface area contributed by atoms with Gasteiger partial charge in [0.15, 0.2) is 0 Å². The Morgan fingerprint density at radius 2 is 2.06 bits per heavy atom. The molecule has 0 aromatic carbocycles. The summed E-state index contributed by atoms with van der Waals surface area (Å²) in [6.45, 7) is 7.07. The van der Waals surface area contributed by atoms with Crippen LogP contribution in [0, 0.1) is 13.8 Å². The van der Waals surface area contributed by atoms with Crippen molar-refractivity contribution in [1.29, 1.82) is 0 Å². The van der Waals surface area contributed by atoms with Crippen LogP contribution in [0.3, 0.4) is 0 Å². The van der Waals surface area contributed by atoms with Gasteiger partial charge >= 0.3 is 0 Å². The average molecular weight is 244 g/mol. The van der Waals surface area contributed by atoms with Crippen LogP contribution in [-0.4, -0.2) is 21.8 Å². The molecule has 2 heterocycles. The minimum absolute atomic E-state index is 0.138. The van der Waals surface area contributed by atoms with Crippen LogP contribution in [0.2, 0.25) is 0 Å². The first kappa shape index (κ1) is 12.8. The Morgan fingerprint density at radius 1 is 1.28 bits per heavy atom. The number of nitrogens with one attached hydrogen (secondary N) is 1. The molecule has 0 aliphatic rings. The van der Waals surface area contributed by atoms with Gasteiger partial charge in [-0.25, -0.2) is 0 Å². The highest BCUT2D eigenvalue weighted by atomic mass is 15.3. The second-order valence-electron chi connectivity index (χ2n) is 4.54. The molecule has 0 radical (unpaired) electrons. The fraction of sp³-hybridized carbons (Fsp3) is 0.429. The van der Waals surface area contributed by atoms with Crippen molar-refractivity contribution in [2.24, 2.45) is 0 Å². The van der Waals surface area contributed by atoms with Crippen molar-refractivity contribution in [3.05, 3.63) is 47.0 Å². The second-order valence-corrected chi connectivity index (χ2v) is 4.54. The molecule has 0 bridgehead atoms. The van der Waals surface area contributed by atoms with Gasteiger partial charge in [0.05, 0.1) is 17.4 Å². The minimum Gasteiger partial charge on any atom is -0.308 e. The van der Waals surface area contributed by atoms with E-state index < -0.39 is 0 Å². The predicted molar refractivity (Wildman–Crippen MR) is 72.5 cm³/mol. The molecule has 96 valence electrons. The van der Waals surface area contributed by atoms with Crippen LogP contribution in [0.4, 0.5) is 0 Å². The monoisotopic (exact) mass is 244 g/mol. The van der Waals surface area contributed by atoms with Crippen LogP contribution < -0.4 is 5.32 Å². The summed E-state index contributed by atoms with van der Waals surface area (Å²) in [5.74, 6) is 0. The maximum absolute atomic E-state index is 4.50. The lowest BCUT2D eigenvalue weighted by Crippen LogP contribution is -2.21. The number of hydrogen-bond donors (Lipinski definition) is 1. The SMILES string of the molecule is CCn1nc(C)cc1C(NC)c1cncc(C)c1. The van der Waals surface area contributed by atoms with Crippen LogP contribution in [0.15, 0.2) is 24.5 Å². The molecule has 0 amide bonds. The fourth-order valence-electron chi connectivity index (χ4n) is 2.27. The van der Waals surface area contributed by atoms with E-state index in [4.69, 9.17) is 0 Å². The number of hydrogen-bond acceptors (Lipinski definition) is 3. The van der Waals surface area contributed by atoms with Gasteiger partial charge in [0, 0.05) is 18.9 Å². The van der Waals surface area contributed by atoms with Crippen molar-refractivity contribution in [2.45, 2.75) is 33.4 Å². The number of aryl methyl sites for hydroxylation is 3. The molecule has 1 N–H and O–H groups in total. The van der Waals surface area contributed by atoms with E-state index in [1.807, 2.05) is 31.0 Å². The first-order valence-electron chi connectivity index (χ1n) is 6.29. The Bertz CT molecular complexity index is 530. The summed E-state index contributed by atoms with van der Waals surface area (Å²) in [7, 11) is 1.97. The number of aromatic nitrogens is 3. The predicted octanol–water partition coefficient (Wildman–Crippen LogP) is 2.22. The Hall–Kier alpha value is -1.68. The van der Waals surface area contributed by atoms with Crippen molar-refractivity contribution >= 4 is 0 Å². The van der Waals surface area contributed by atoms with Gasteiger partial charge in [-0.1, -0.05) is 6.07 Å². The van der Waals surface area contributed by atoms with E-state index in [1.54, 1.807) is 0 Å². The maximum atomic E-state index is 4.50. The van der Waals surface area contributed by atoms with E-state index in [2.05, 4.69) is 41.4 Å². The molecule has 0 saturated carbocycles. The average Bonchev–Trinajstić information content (AvgIpc) is 2.71. The molecule has 1 atom stereocenters. The number of rotatable bonds is 4. The normalized spacial score (nSPS) is 12.7. The van der Waals surface area contributed by atoms with E-state index in [9.17, 15) is 0 Å². The molecule has 0 fully saturated rings. The first-order valence-corrected chi connectivity index (χ1v) is 6.29. The molecule has 1 unspecified atom stereocenters. The van der Waals surface area contributed by atoms with Crippen molar-refractivity contribution < 1.29 is 0 Å². The quantitative estimate of drug-likeness (QED) is 0.896. The van der Waals surface area contributed by atoms with Gasteiger partial charge in [-0.2, -0.15) is 5.10 Å². The summed E-state index contributed by atoms with van der Waals surface area (Å²) in [4.78, 5) is 4.27. The van der Waals surface area contributed by atoms with Crippen molar-refractivity contribution in [2.75, 3.05) is 7.05 Å². The van der Waals surface area contributed by atoms with Gasteiger partial charge in [0.1, 0.15) is 0 Å². The fourth-order valence-corrected chi connectivity index (χ4v) is 2.27. The van der Waals surface area contributed by atoms with Gasteiger partial charge in [-0.3, -0.25) is 9.67 Å². The molecule has 0 aliphatic heterocycles. The van der Waals surface area contributed by atoms with Gasteiger partial charge in [-0.15, -0.1) is 0 Å². The smallest absolute Gasteiger partial charge is 0.0761 e. The topological polar surface area (TPSA) is 42.7 Å². The highest BCUT2D eigenvalue weighted by Gasteiger charge is 2.17. The third kappa shape index (κ3) is 2.43. The lowest BCUT2D eigenvalue weighted by atomic mass is 10.0. The van der Waals surface area contributed by atoms with Gasteiger partial charge < -0.3 is 5.32 Å². The molecule has 4 heteroatoms. The molecule has 0 spiro atoms. The second kappa shape index (κ2) is 5.31. The number of pyridine rings is 1. The molecule has 2 aromatic rings. The van der Waals surface area contributed by atoms with Crippen molar-refractivity contribution in [1.82, 2.24) is 20.1 Å². The molecular weight excluding hydrogens is 224 g/mol. The summed E-state index contributed by atoms with van der Waals surface area (Å²) in [5.41, 5.74) is 4.58. The standard InChI is InChI=1S/C14H20N4/c1-5-18-13(7-11(3)17-18)14(15-4)12-6-10(2)8-16-9-12/h6-9,14-15H,5H2,1-4H3. The lowest BCUT2D eigenvalue weighted by molar-refractivity contribution is 0.560. The van der Waals surface area contributed by atoms with Crippen LogP contribution in [0.5, 0.6) is 0 Å². The Labute approximate surface area is 108 Å². The van der Waals surface area contributed by atoms with Gasteiger partial charge in [-0.05, 0) is 45.0 Å². The zero-order valence-corrected chi connectivity index (χ0v) is 11.4. The minimum atomic E-state index is 0.138.